The lowest BCUT2D eigenvalue weighted by Crippen LogP contribution is -2.32. The molecule has 0 bridgehead atoms. The highest BCUT2D eigenvalue weighted by molar-refractivity contribution is 7.16. The van der Waals surface area contributed by atoms with Crippen molar-refractivity contribution >= 4 is 34.3 Å². The SMILES string of the molecule is COc1cccc(NC(=O)[C@@H](NCc2ccc(-c3csc(C)n3)s2)c2ccccc2)c1. The lowest BCUT2D eigenvalue weighted by Gasteiger charge is -2.19. The molecule has 0 saturated carbocycles. The number of aromatic nitrogens is 1. The third-order valence-electron chi connectivity index (χ3n) is 4.75. The second-order valence-electron chi connectivity index (χ2n) is 6.96. The maximum absolute atomic E-state index is 13.1. The van der Waals surface area contributed by atoms with Crippen LogP contribution in [-0.2, 0) is 11.3 Å². The number of hydrogen-bond donors (Lipinski definition) is 2. The van der Waals surface area contributed by atoms with E-state index in [0.717, 1.165) is 26.0 Å². The van der Waals surface area contributed by atoms with Gasteiger partial charge in [0.25, 0.3) is 0 Å². The molecular weight excluding hydrogens is 426 g/mol. The molecule has 0 aliphatic rings. The fourth-order valence-corrected chi connectivity index (χ4v) is 4.82. The van der Waals surface area contributed by atoms with E-state index in [-0.39, 0.29) is 5.91 Å². The molecule has 5 nitrogen and oxygen atoms in total. The monoisotopic (exact) mass is 449 g/mol. The van der Waals surface area contributed by atoms with Gasteiger partial charge in [0.15, 0.2) is 0 Å². The van der Waals surface area contributed by atoms with E-state index in [9.17, 15) is 4.79 Å². The first kappa shape index (κ1) is 21.2. The predicted molar refractivity (Wildman–Crippen MR) is 128 cm³/mol. The minimum absolute atomic E-state index is 0.119. The van der Waals surface area contributed by atoms with Gasteiger partial charge in [0.1, 0.15) is 11.8 Å². The minimum Gasteiger partial charge on any atom is -0.497 e. The number of aryl methyl sites for hydroxylation is 1. The van der Waals surface area contributed by atoms with Crippen LogP contribution in [0.3, 0.4) is 0 Å². The number of carbonyl (C=O) groups excluding carboxylic acids is 1. The average molecular weight is 450 g/mol. The third-order valence-corrected chi connectivity index (χ3v) is 6.63. The molecule has 0 fully saturated rings. The molecular formula is C24H23N3O2S2. The van der Waals surface area contributed by atoms with Gasteiger partial charge in [-0.15, -0.1) is 22.7 Å². The molecule has 2 heterocycles. The van der Waals surface area contributed by atoms with Gasteiger partial charge in [-0.25, -0.2) is 4.98 Å². The largest absolute Gasteiger partial charge is 0.497 e. The zero-order chi connectivity index (χ0) is 21.6. The van der Waals surface area contributed by atoms with Gasteiger partial charge >= 0.3 is 0 Å². The van der Waals surface area contributed by atoms with Crippen molar-refractivity contribution in [1.29, 1.82) is 0 Å². The van der Waals surface area contributed by atoms with Crippen LogP contribution in [0.5, 0.6) is 5.75 Å². The van der Waals surface area contributed by atoms with Gasteiger partial charge in [0, 0.05) is 28.6 Å². The number of anilines is 1. The van der Waals surface area contributed by atoms with Crippen molar-refractivity contribution in [2.24, 2.45) is 0 Å². The summed E-state index contributed by atoms with van der Waals surface area (Å²) in [5.41, 5.74) is 2.62. The summed E-state index contributed by atoms with van der Waals surface area (Å²) < 4.78 is 5.26. The predicted octanol–water partition coefficient (Wildman–Crippen LogP) is 5.66. The van der Waals surface area contributed by atoms with E-state index >= 15 is 0 Å². The molecule has 0 spiro atoms. The lowest BCUT2D eigenvalue weighted by atomic mass is 10.1. The van der Waals surface area contributed by atoms with Crippen molar-refractivity contribution < 1.29 is 9.53 Å². The molecule has 2 aromatic heterocycles. The van der Waals surface area contributed by atoms with E-state index in [1.54, 1.807) is 35.8 Å². The maximum Gasteiger partial charge on any atom is 0.246 e. The standard InChI is InChI=1S/C24H23N3O2S2/c1-16-26-21(15-30-16)22-12-11-20(31-22)14-25-23(17-7-4-3-5-8-17)24(28)27-18-9-6-10-19(13-18)29-2/h3-13,15,23,25H,14H2,1-2H3,(H,27,28)/t23-/m0/s1. The lowest BCUT2D eigenvalue weighted by molar-refractivity contribution is -0.118. The van der Waals surface area contributed by atoms with Crippen molar-refractivity contribution in [3.05, 3.63) is 87.6 Å². The molecule has 1 atom stereocenters. The normalized spacial score (nSPS) is 11.8. The van der Waals surface area contributed by atoms with E-state index in [0.29, 0.717) is 18.0 Å². The molecule has 158 valence electrons. The molecule has 7 heteroatoms. The molecule has 0 aliphatic heterocycles. The first-order valence-corrected chi connectivity index (χ1v) is 11.6. The third kappa shape index (κ3) is 5.38. The number of ether oxygens (including phenoxy) is 1. The second-order valence-corrected chi connectivity index (χ2v) is 9.19. The van der Waals surface area contributed by atoms with Gasteiger partial charge in [-0.3, -0.25) is 10.1 Å². The van der Waals surface area contributed by atoms with Crippen molar-refractivity contribution in [3.63, 3.8) is 0 Å². The van der Waals surface area contributed by atoms with Crippen LogP contribution in [0.25, 0.3) is 10.6 Å². The maximum atomic E-state index is 13.1. The van der Waals surface area contributed by atoms with Crippen LogP contribution in [0.1, 0.15) is 21.5 Å². The number of carbonyl (C=O) groups is 1. The highest BCUT2D eigenvalue weighted by Gasteiger charge is 2.21. The highest BCUT2D eigenvalue weighted by atomic mass is 32.1. The Kier molecular flexibility index (Phi) is 6.76. The van der Waals surface area contributed by atoms with Crippen LogP contribution in [0.2, 0.25) is 0 Å². The van der Waals surface area contributed by atoms with Gasteiger partial charge in [-0.05, 0) is 36.8 Å². The number of hydrogen-bond acceptors (Lipinski definition) is 6. The van der Waals surface area contributed by atoms with Crippen molar-refractivity contribution in [3.8, 4) is 16.3 Å². The summed E-state index contributed by atoms with van der Waals surface area (Å²) >= 11 is 3.34. The summed E-state index contributed by atoms with van der Waals surface area (Å²) in [6.45, 7) is 2.59. The summed E-state index contributed by atoms with van der Waals surface area (Å²) in [5.74, 6) is 0.580. The van der Waals surface area contributed by atoms with E-state index in [2.05, 4.69) is 33.1 Å². The summed E-state index contributed by atoms with van der Waals surface area (Å²) in [7, 11) is 1.61. The van der Waals surface area contributed by atoms with Crippen LogP contribution < -0.4 is 15.4 Å². The molecule has 31 heavy (non-hydrogen) atoms. The van der Waals surface area contributed by atoms with Crippen LogP contribution in [0.15, 0.2) is 72.1 Å². The Balaban J connectivity index is 1.49. The van der Waals surface area contributed by atoms with Crippen LogP contribution >= 0.6 is 22.7 Å². The van der Waals surface area contributed by atoms with Crippen LogP contribution in [0.4, 0.5) is 5.69 Å². The molecule has 1 amide bonds. The topological polar surface area (TPSA) is 63.2 Å². The van der Waals surface area contributed by atoms with E-state index in [1.807, 2.05) is 55.5 Å². The zero-order valence-electron chi connectivity index (χ0n) is 17.3. The van der Waals surface area contributed by atoms with Crippen molar-refractivity contribution in [2.45, 2.75) is 19.5 Å². The molecule has 2 N–H and O–H groups in total. The zero-order valence-corrected chi connectivity index (χ0v) is 18.9. The van der Waals surface area contributed by atoms with Gasteiger partial charge in [-0.2, -0.15) is 0 Å². The Morgan fingerprint density at radius 1 is 1.10 bits per heavy atom. The number of nitrogens with one attached hydrogen (secondary N) is 2. The fourth-order valence-electron chi connectivity index (χ4n) is 3.21. The summed E-state index contributed by atoms with van der Waals surface area (Å²) in [5, 5.41) is 9.55. The Morgan fingerprint density at radius 2 is 1.94 bits per heavy atom. The van der Waals surface area contributed by atoms with Crippen LogP contribution in [0, 0.1) is 6.92 Å². The van der Waals surface area contributed by atoms with Crippen LogP contribution in [-0.4, -0.2) is 18.0 Å². The molecule has 0 saturated heterocycles. The smallest absolute Gasteiger partial charge is 0.246 e. The minimum atomic E-state index is -0.487. The van der Waals surface area contributed by atoms with Gasteiger partial charge < -0.3 is 10.1 Å². The number of nitrogens with zero attached hydrogens (tertiary/aromatic N) is 1. The summed E-state index contributed by atoms with van der Waals surface area (Å²) in [6.07, 6.45) is 0. The van der Waals surface area contributed by atoms with Gasteiger partial charge in [-0.1, -0.05) is 36.4 Å². The number of methoxy groups -OCH3 is 1. The van der Waals surface area contributed by atoms with E-state index in [1.165, 1.54) is 0 Å². The van der Waals surface area contributed by atoms with Gasteiger partial charge in [0.05, 0.1) is 22.7 Å². The highest BCUT2D eigenvalue weighted by Crippen LogP contribution is 2.29. The summed E-state index contributed by atoms with van der Waals surface area (Å²) in [4.78, 5) is 20.0. The Morgan fingerprint density at radius 3 is 2.68 bits per heavy atom. The van der Waals surface area contributed by atoms with Crippen molar-refractivity contribution in [1.82, 2.24) is 10.3 Å². The molecule has 0 unspecified atom stereocenters. The molecule has 4 rings (SSSR count). The summed E-state index contributed by atoms with van der Waals surface area (Å²) in [6, 6.07) is 20.8. The van der Waals surface area contributed by atoms with E-state index in [4.69, 9.17) is 4.74 Å². The first-order valence-electron chi connectivity index (χ1n) is 9.87. The number of benzene rings is 2. The average Bonchev–Trinajstić information content (AvgIpc) is 3.44. The second kappa shape index (κ2) is 9.87. The Labute approximate surface area is 189 Å². The van der Waals surface area contributed by atoms with E-state index < -0.39 is 6.04 Å². The number of amides is 1. The quantitative estimate of drug-likeness (QED) is 0.364. The molecule has 0 radical (unpaired) electrons. The van der Waals surface area contributed by atoms with Crippen molar-refractivity contribution in [2.75, 3.05) is 12.4 Å². The van der Waals surface area contributed by atoms with Gasteiger partial charge in [0.2, 0.25) is 5.91 Å². The molecule has 2 aromatic carbocycles. The number of rotatable bonds is 8. The molecule has 0 aliphatic carbocycles. The number of thiazole rings is 1. The first-order chi connectivity index (χ1) is 15.1. The Bertz CT molecular complexity index is 1150. The fraction of sp³-hybridized carbons (Fsp3) is 0.167. The molecule has 4 aromatic rings. The number of thiophene rings is 1. The Hall–Kier alpha value is -3.00.